The van der Waals surface area contributed by atoms with E-state index in [2.05, 4.69) is 9.97 Å². The van der Waals surface area contributed by atoms with Crippen molar-refractivity contribution in [3.63, 3.8) is 0 Å². The molecule has 5 aromatic rings. The van der Waals surface area contributed by atoms with Crippen LogP contribution in [0.2, 0.25) is 0 Å². The Balaban J connectivity index is 1.57. The van der Waals surface area contributed by atoms with Gasteiger partial charge in [-0.2, -0.15) is 4.98 Å². The van der Waals surface area contributed by atoms with E-state index in [1.54, 1.807) is 36.4 Å². The zero-order chi connectivity index (χ0) is 21.4. The van der Waals surface area contributed by atoms with Gasteiger partial charge in [0, 0.05) is 6.07 Å². The van der Waals surface area contributed by atoms with Gasteiger partial charge in [0.1, 0.15) is 17.6 Å². The summed E-state index contributed by atoms with van der Waals surface area (Å²) in [6, 6.07) is 20.6. The van der Waals surface area contributed by atoms with E-state index in [-0.39, 0.29) is 11.3 Å². The van der Waals surface area contributed by atoms with E-state index in [1.807, 2.05) is 30.3 Å². The number of halogens is 2. The van der Waals surface area contributed by atoms with Crippen LogP contribution in [-0.2, 0) is 0 Å². The van der Waals surface area contributed by atoms with Gasteiger partial charge in [-0.1, -0.05) is 42.5 Å². The Hall–Kier alpha value is -4.13. The summed E-state index contributed by atoms with van der Waals surface area (Å²) < 4.78 is 37.9. The van der Waals surface area contributed by atoms with Crippen molar-refractivity contribution in [2.75, 3.05) is 0 Å². The summed E-state index contributed by atoms with van der Waals surface area (Å²) in [5, 5.41) is 0.877. The number of ether oxygens (including phenoxy) is 1. The van der Waals surface area contributed by atoms with Crippen molar-refractivity contribution in [3.05, 3.63) is 95.1 Å². The molecule has 5 rings (SSSR count). The third-order valence-corrected chi connectivity index (χ3v) is 4.83. The molecular weight excluding hydrogens is 402 g/mol. The minimum absolute atomic E-state index is 0.00324. The van der Waals surface area contributed by atoms with E-state index in [1.165, 1.54) is 12.3 Å². The third kappa shape index (κ3) is 3.50. The number of nitrogens with zero attached hydrogens (tertiary/aromatic N) is 2. The van der Waals surface area contributed by atoms with Crippen LogP contribution in [0.25, 0.3) is 33.0 Å². The van der Waals surface area contributed by atoms with Crippen LogP contribution in [0.4, 0.5) is 8.78 Å². The molecule has 0 fully saturated rings. The van der Waals surface area contributed by atoms with Gasteiger partial charge >= 0.3 is 0 Å². The third-order valence-electron chi connectivity index (χ3n) is 4.83. The fraction of sp³-hybridized carbons (Fsp3) is 0.0417. The van der Waals surface area contributed by atoms with Crippen LogP contribution >= 0.6 is 0 Å². The predicted molar refractivity (Wildman–Crippen MR) is 112 cm³/mol. The maximum atomic E-state index is 13.2. The highest BCUT2D eigenvalue weighted by atomic mass is 19.3. The van der Waals surface area contributed by atoms with Gasteiger partial charge in [0.2, 0.25) is 5.88 Å². The number of fused-ring (bicyclic) bond motifs is 2. The number of para-hydroxylation sites is 1. The standard InChI is InChI=1S/C24H14F2N2O3/c25-22(26)23-27-19-9-5-4-8-16(19)24(28-23)31-15-10-11-17-20(12-15)30-13-18(21(17)29)14-6-2-1-3-7-14/h1-13,22H. The number of hydrogen-bond donors (Lipinski definition) is 0. The van der Waals surface area contributed by atoms with Gasteiger partial charge < -0.3 is 9.15 Å². The van der Waals surface area contributed by atoms with Crippen molar-refractivity contribution in [2.24, 2.45) is 0 Å². The first-order valence-corrected chi connectivity index (χ1v) is 9.44. The number of alkyl halides is 2. The quantitative estimate of drug-likeness (QED) is 0.352. The number of aromatic nitrogens is 2. The van der Waals surface area contributed by atoms with Gasteiger partial charge in [0.05, 0.1) is 21.9 Å². The molecule has 0 aliphatic rings. The highest BCUT2D eigenvalue weighted by molar-refractivity contribution is 5.85. The molecule has 7 heteroatoms. The van der Waals surface area contributed by atoms with E-state index in [4.69, 9.17) is 9.15 Å². The molecule has 5 nitrogen and oxygen atoms in total. The van der Waals surface area contributed by atoms with Crippen molar-refractivity contribution in [1.29, 1.82) is 0 Å². The fourth-order valence-electron chi connectivity index (χ4n) is 3.34. The molecule has 0 unspecified atom stereocenters. The Bertz CT molecular complexity index is 1470. The second-order valence-corrected chi connectivity index (χ2v) is 6.81. The Kier molecular flexibility index (Phi) is 4.63. The molecule has 31 heavy (non-hydrogen) atoms. The van der Waals surface area contributed by atoms with Crippen LogP contribution in [0.15, 0.2) is 88.3 Å². The minimum Gasteiger partial charge on any atom is -0.463 e. The van der Waals surface area contributed by atoms with Gasteiger partial charge in [0.25, 0.3) is 6.43 Å². The number of hydrogen-bond acceptors (Lipinski definition) is 5. The summed E-state index contributed by atoms with van der Waals surface area (Å²) in [7, 11) is 0. The Labute approximate surface area is 174 Å². The van der Waals surface area contributed by atoms with Crippen LogP contribution in [0.1, 0.15) is 12.2 Å². The van der Waals surface area contributed by atoms with Crippen LogP contribution in [-0.4, -0.2) is 9.97 Å². The molecule has 0 atom stereocenters. The molecule has 2 heterocycles. The van der Waals surface area contributed by atoms with Crippen molar-refractivity contribution in [2.45, 2.75) is 6.43 Å². The molecule has 2 aromatic heterocycles. The highest BCUT2D eigenvalue weighted by Gasteiger charge is 2.17. The number of benzene rings is 3. The zero-order valence-electron chi connectivity index (χ0n) is 16.0. The lowest BCUT2D eigenvalue weighted by Crippen LogP contribution is -2.04. The molecule has 0 aliphatic heterocycles. The topological polar surface area (TPSA) is 65.2 Å². The summed E-state index contributed by atoms with van der Waals surface area (Å²) in [4.78, 5) is 20.6. The van der Waals surface area contributed by atoms with Crippen molar-refractivity contribution < 1.29 is 17.9 Å². The molecular formula is C24H14F2N2O3. The fourth-order valence-corrected chi connectivity index (χ4v) is 3.34. The van der Waals surface area contributed by atoms with Crippen LogP contribution in [0.3, 0.4) is 0 Å². The lowest BCUT2D eigenvalue weighted by atomic mass is 10.1. The van der Waals surface area contributed by atoms with Gasteiger partial charge in [-0.25, -0.2) is 13.8 Å². The maximum absolute atomic E-state index is 13.2. The second-order valence-electron chi connectivity index (χ2n) is 6.81. The van der Waals surface area contributed by atoms with E-state index < -0.39 is 12.2 Å². The van der Waals surface area contributed by atoms with E-state index >= 15 is 0 Å². The zero-order valence-corrected chi connectivity index (χ0v) is 16.0. The monoisotopic (exact) mass is 416 g/mol. The van der Waals surface area contributed by atoms with Crippen LogP contribution in [0.5, 0.6) is 11.6 Å². The Morgan fingerprint density at radius 1 is 0.871 bits per heavy atom. The van der Waals surface area contributed by atoms with Gasteiger partial charge in [-0.3, -0.25) is 4.79 Å². The smallest absolute Gasteiger partial charge is 0.297 e. The normalized spacial score (nSPS) is 11.3. The van der Waals surface area contributed by atoms with Crippen molar-refractivity contribution >= 4 is 21.9 Å². The van der Waals surface area contributed by atoms with E-state index in [9.17, 15) is 13.6 Å². The summed E-state index contributed by atoms with van der Waals surface area (Å²) in [6.45, 7) is 0. The molecule has 0 bridgehead atoms. The van der Waals surface area contributed by atoms with Crippen molar-refractivity contribution in [1.82, 2.24) is 9.97 Å². The predicted octanol–water partition coefficient (Wildman–Crippen LogP) is 6.13. The average molecular weight is 416 g/mol. The van der Waals surface area contributed by atoms with Crippen molar-refractivity contribution in [3.8, 4) is 22.8 Å². The molecule has 0 aliphatic carbocycles. The first-order valence-electron chi connectivity index (χ1n) is 9.44. The summed E-state index contributed by atoms with van der Waals surface area (Å²) >= 11 is 0. The Morgan fingerprint density at radius 2 is 1.65 bits per heavy atom. The maximum Gasteiger partial charge on any atom is 0.297 e. The van der Waals surface area contributed by atoms with Crippen LogP contribution in [0, 0.1) is 0 Å². The van der Waals surface area contributed by atoms with E-state index in [0.717, 1.165) is 5.56 Å². The summed E-state index contributed by atoms with van der Waals surface area (Å²) in [5.74, 6) is -0.316. The van der Waals surface area contributed by atoms with E-state index in [0.29, 0.717) is 33.2 Å². The molecule has 152 valence electrons. The molecule has 0 saturated heterocycles. The second kappa shape index (κ2) is 7.60. The molecule has 0 radical (unpaired) electrons. The molecule has 0 N–H and O–H groups in total. The lowest BCUT2D eigenvalue weighted by Gasteiger charge is -2.10. The molecule has 0 saturated carbocycles. The lowest BCUT2D eigenvalue weighted by molar-refractivity contribution is 0.140. The Morgan fingerprint density at radius 3 is 2.45 bits per heavy atom. The van der Waals surface area contributed by atoms with Crippen LogP contribution < -0.4 is 10.2 Å². The average Bonchev–Trinajstić information content (AvgIpc) is 2.80. The summed E-state index contributed by atoms with van der Waals surface area (Å²) in [6.07, 6.45) is -1.43. The largest absolute Gasteiger partial charge is 0.463 e. The summed E-state index contributed by atoms with van der Waals surface area (Å²) in [5.41, 5.74) is 1.69. The first-order chi connectivity index (χ1) is 15.1. The number of rotatable bonds is 4. The van der Waals surface area contributed by atoms with Gasteiger partial charge in [-0.05, 0) is 29.8 Å². The first kappa shape index (κ1) is 18.9. The molecule has 0 amide bonds. The molecule has 3 aromatic carbocycles. The van der Waals surface area contributed by atoms with Gasteiger partial charge in [-0.15, -0.1) is 0 Å². The minimum atomic E-state index is -2.84. The van der Waals surface area contributed by atoms with Gasteiger partial charge in [0.15, 0.2) is 11.3 Å². The molecule has 0 spiro atoms. The SMILES string of the molecule is O=c1c(-c2ccccc2)coc2cc(Oc3nc(C(F)F)nc4ccccc34)ccc12. The highest BCUT2D eigenvalue weighted by Crippen LogP contribution is 2.31.